The number of hydrogen-bond acceptors (Lipinski definition) is 3. The lowest BCUT2D eigenvalue weighted by Gasteiger charge is -2.08. The van der Waals surface area contributed by atoms with Crippen LogP contribution in [0.1, 0.15) is 12.5 Å². The number of benzene rings is 1. The van der Waals surface area contributed by atoms with Crippen LogP contribution in [0.3, 0.4) is 0 Å². The van der Waals surface area contributed by atoms with E-state index in [-0.39, 0.29) is 0 Å². The first-order valence-electron chi connectivity index (χ1n) is 5.11. The van der Waals surface area contributed by atoms with Crippen molar-refractivity contribution >= 4 is 18.0 Å². The third-order valence-electron chi connectivity index (χ3n) is 2.01. The highest BCUT2D eigenvalue weighted by Gasteiger charge is 2.09. The highest BCUT2D eigenvalue weighted by atomic mass is 16.4. The summed E-state index contributed by atoms with van der Waals surface area (Å²) in [6.45, 7) is 1.43. The van der Waals surface area contributed by atoms with Gasteiger partial charge in [-0.1, -0.05) is 30.3 Å². The maximum Gasteiger partial charge on any atom is 0.322 e. The monoisotopic (exact) mass is 234 g/mol. The predicted molar refractivity (Wildman–Crippen MR) is 63.9 cm³/mol. The number of amides is 1. The van der Waals surface area contributed by atoms with Crippen molar-refractivity contribution in [1.29, 1.82) is 0 Å². The van der Waals surface area contributed by atoms with Crippen LogP contribution in [0.5, 0.6) is 0 Å². The Morgan fingerprint density at radius 2 is 1.94 bits per heavy atom. The first-order valence-corrected chi connectivity index (χ1v) is 5.11. The third-order valence-corrected chi connectivity index (χ3v) is 2.01. The zero-order valence-corrected chi connectivity index (χ0v) is 9.38. The molecule has 0 unspecified atom stereocenters. The quantitative estimate of drug-likeness (QED) is 0.520. The van der Waals surface area contributed by atoms with Gasteiger partial charge in [-0.2, -0.15) is 0 Å². The Labute approximate surface area is 99.1 Å². The van der Waals surface area contributed by atoms with E-state index in [1.54, 1.807) is 6.08 Å². The second-order valence-electron chi connectivity index (χ2n) is 3.44. The van der Waals surface area contributed by atoms with Crippen LogP contribution >= 0.6 is 0 Å². The summed E-state index contributed by atoms with van der Waals surface area (Å²) in [6, 6.07) is 8.50. The van der Waals surface area contributed by atoms with Gasteiger partial charge in [0.05, 0.1) is 0 Å². The Kier molecular flexibility index (Phi) is 4.90. The fourth-order valence-corrected chi connectivity index (χ4v) is 1.02. The molecule has 0 radical (unpaired) electrons. The van der Waals surface area contributed by atoms with Gasteiger partial charge >= 0.3 is 5.97 Å². The summed E-state index contributed by atoms with van der Waals surface area (Å²) < 4.78 is 0. The lowest BCUT2D eigenvalue weighted by molar-refractivity contribution is -0.139. The normalized spacial score (nSPS) is 12.3. The van der Waals surface area contributed by atoms with E-state index in [0.29, 0.717) is 0 Å². The summed E-state index contributed by atoms with van der Waals surface area (Å²) in [4.78, 5) is 21.7. The first-order chi connectivity index (χ1) is 8.09. The van der Waals surface area contributed by atoms with Crippen LogP contribution in [-0.4, -0.2) is 23.0 Å². The van der Waals surface area contributed by atoms with Gasteiger partial charge in [0.25, 0.3) is 5.91 Å². The number of carbonyl (C=O) groups excluding carboxylic acids is 1. The Bertz CT molecular complexity index is 415. The van der Waals surface area contributed by atoms with E-state index in [1.807, 2.05) is 30.3 Å². The molecule has 1 atom stereocenters. The molecule has 0 saturated carbocycles. The Hall–Kier alpha value is -2.14. The van der Waals surface area contributed by atoms with E-state index >= 15 is 0 Å². The molecule has 3 N–H and O–H groups in total. The van der Waals surface area contributed by atoms with Crippen molar-refractivity contribution in [2.24, 2.45) is 0 Å². The third kappa shape index (κ3) is 4.94. The average Bonchev–Trinajstić information content (AvgIpc) is 2.34. The van der Waals surface area contributed by atoms with Crippen LogP contribution in [0.25, 0.3) is 6.08 Å². The molecule has 0 heterocycles. The molecule has 1 aromatic rings. The summed E-state index contributed by atoms with van der Waals surface area (Å²) in [6.07, 6.45) is 2.97. The number of hydrogen-bond donors (Lipinski definition) is 3. The number of aliphatic carboxylic acids is 1. The van der Waals surface area contributed by atoms with E-state index in [1.165, 1.54) is 13.0 Å². The summed E-state index contributed by atoms with van der Waals surface area (Å²) >= 11 is 0. The van der Waals surface area contributed by atoms with Crippen LogP contribution < -0.4 is 10.9 Å². The van der Waals surface area contributed by atoms with Crippen molar-refractivity contribution < 1.29 is 14.7 Å². The highest BCUT2D eigenvalue weighted by molar-refractivity contribution is 5.91. The molecular weight excluding hydrogens is 220 g/mol. The van der Waals surface area contributed by atoms with Crippen LogP contribution in [0.4, 0.5) is 0 Å². The molecule has 0 saturated heterocycles. The fraction of sp³-hybridized carbons (Fsp3) is 0.167. The largest absolute Gasteiger partial charge is 0.480 e. The van der Waals surface area contributed by atoms with E-state index < -0.39 is 17.9 Å². The SMILES string of the molecule is C[C@H](NNC(=O)C=Cc1ccccc1)C(=O)O. The van der Waals surface area contributed by atoms with Crippen LogP contribution in [-0.2, 0) is 9.59 Å². The minimum atomic E-state index is -1.03. The van der Waals surface area contributed by atoms with E-state index in [9.17, 15) is 9.59 Å². The minimum Gasteiger partial charge on any atom is -0.480 e. The highest BCUT2D eigenvalue weighted by Crippen LogP contribution is 2.00. The van der Waals surface area contributed by atoms with E-state index in [2.05, 4.69) is 10.9 Å². The number of nitrogens with one attached hydrogen (secondary N) is 2. The molecule has 0 aliphatic carbocycles. The van der Waals surface area contributed by atoms with Gasteiger partial charge in [0.2, 0.25) is 0 Å². The van der Waals surface area contributed by atoms with Gasteiger partial charge in [0, 0.05) is 6.08 Å². The van der Waals surface area contributed by atoms with Crippen molar-refractivity contribution in [2.75, 3.05) is 0 Å². The maximum atomic E-state index is 11.3. The van der Waals surface area contributed by atoms with Gasteiger partial charge in [-0.05, 0) is 18.6 Å². The average molecular weight is 234 g/mol. The van der Waals surface area contributed by atoms with Crippen molar-refractivity contribution in [3.8, 4) is 0 Å². The standard InChI is InChI=1S/C12H14N2O3/c1-9(12(16)17)13-14-11(15)8-7-10-5-3-2-4-6-10/h2-9,13H,1H3,(H,14,15)(H,16,17)/t9-/m0/s1. The molecule has 0 fully saturated rings. The molecule has 0 aliphatic rings. The minimum absolute atomic E-state index is 0.401. The molecule has 17 heavy (non-hydrogen) atoms. The molecule has 1 aromatic carbocycles. The van der Waals surface area contributed by atoms with E-state index in [4.69, 9.17) is 5.11 Å². The van der Waals surface area contributed by atoms with Gasteiger partial charge in [0.15, 0.2) is 0 Å². The van der Waals surface area contributed by atoms with Gasteiger partial charge < -0.3 is 5.11 Å². The molecular formula is C12H14N2O3. The molecule has 5 heteroatoms. The molecule has 0 spiro atoms. The lowest BCUT2D eigenvalue weighted by Crippen LogP contribution is -2.45. The van der Waals surface area contributed by atoms with Crippen molar-refractivity contribution in [3.05, 3.63) is 42.0 Å². The summed E-state index contributed by atoms with van der Waals surface area (Å²) in [5, 5.41) is 8.57. The fourth-order valence-electron chi connectivity index (χ4n) is 1.02. The second kappa shape index (κ2) is 6.44. The Balaban J connectivity index is 2.40. The van der Waals surface area contributed by atoms with Crippen LogP contribution in [0.15, 0.2) is 36.4 Å². The van der Waals surface area contributed by atoms with Gasteiger partial charge in [0.1, 0.15) is 6.04 Å². The summed E-state index contributed by atoms with van der Waals surface area (Å²) in [5.41, 5.74) is 5.54. The molecule has 0 bridgehead atoms. The predicted octanol–water partition coefficient (Wildman–Crippen LogP) is 0.794. The summed E-state index contributed by atoms with van der Waals surface area (Å²) in [7, 11) is 0. The zero-order chi connectivity index (χ0) is 12.7. The zero-order valence-electron chi connectivity index (χ0n) is 9.38. The molecule has 90 valence electrons. The van der Waals surface area contributed by atoms with E-state index in [0.717, 1.165) is 5.56 Å². The van der Waals surface area contributed by atoms with Crippen molar-refractivity contribution in [3.63, 3.8) is 0 Å². The van der Waals surface area contributed by atoms with Crippen molar-refractivity contribution in [2.45, 2.75) is 13.0 Å². The van der Waals surface area contributed by atoms with Crippen molar-refractivity contribution in [1.82, 2.24) is 10.9 Å². The van der Waals surface area contributed by atoms with Crippen LogP contribution in [0, 0.1) is 0 Å². The van der Waals surface area contributed by atoms with Gasteiger partial charge in [-0.3, -0.25) is 15.0 Å². The maximum absolute atomic E-state index is 11.3. The number of hydrazine groups is 1. The number of carboxylic acid groups (broad SMARTS) is 1. The van der Waals surface area contributed by atoms with Crippen LogP contribution in [0.2, 0.25) is 0 Å². The number of rotatable bonds is 5. The molecule has 1 rings (SSSR count). The molecule has 5 nitrogen and oxygen atoms in total. The summed E-state index contributed by atoms with van der Waals surface area (Å²) in [5.74, 6) is -1.43. The topological polar surface area (TPSA) is 78.4 Å². The first kappa shape index (κ1) is 12.9. The number of carbonyl (C=O) groups is 2. The second-order valence-corrected chi connectivity index (χ2v) is 3.44. The van der Waals surface area contributed by atoms with Gasteiger partial charge in [-0.15, -0.1) is 0 Å². The smallest absolute Gasteiger partial charge is 0.322 e. The Morgan fingerprint density at radius 3 is 2.53 bits per heavy atom. The molecule has 0 aromatic heterocycles. The molecule has 1 amide bonds. The Morgan fingerprint density at radius 1 is 1.29 bits per heavy atom. The number of carboxylic acids is 1. The lowest BCUT2D eigenvalue weighted by atomic mass is 10.2. The van der Waals surface area contributed by atoms with Gasteiger partial charge in [-0.25, -0.2) is 5.43 Å². The molecule has 0 aliphatic heterocycles.